The first-order valence-corrected chi connectivity index (χ1v) is 14.1. The van der Waals surface area contributed by atoms with Gasteiger partial charge in [0.2, 0.25) is 5.91 Å². The number of amides is 1. The lowest BCUT2D eigenvalue weighted by Crippen LogP contribution is -2.48. The Morgan fingerprint density at radius 1 is 1.03 bits per heavy atom. The van der Waals surface area contributed by atoms with Crippen molar-refractivity contribution in [3.63, 3.8) is 0 Å². The number of rotatable bonds is 8. The number of para-hydroxylation sites is 1. The molecule has 1 fully saturated rings. The van der Waals surface area contributed by atoms with Crippen molar-refractivity contribution >= 4 is 22.9 Å². The first-order chi connectivity index (χ1) is 18.4. The van der Waals surface area contributed by atoms with Crippen LogP contribution in [0.25, 0.3) is 28.1 Å². The molecule has 2 aromatic carbocycles. The summed E-state index contributed by atoms with van der Waals surface area (Å²) < 4.78 is 28.6. The average Bonchev–Trinajstić information content (AvgIpc) is 3.16. The van der Waals surface area contributed by atoms with Crippen molar-refractivity contribution in [3.05, 3.63) is 66.1 Å². The highest BCUT2D eigenvalue weighted by Gasteiger charge is 2.36. The molecule has 0 unspecified atom stereocenters. The van der Waals surface area contributed by atoms with E-state index < -0.39 is 5.79 Å². The lowest BCUT2D eigenvalue weighted by atomic mass is 10.00. The molecule has 2 atom stereocenters. The standard InChI is InChI=1S/C33H43FN2O3/c1-21(2)35(22(3)4)31(37)20-27-19-26(38-33(7,8)39-27)17-18-30-32(24-13-15-25(34)16-14-24)28-11-9-10-12-29(28)36(30)23(5)6/h9-18,21-23,26-27H,19-20H2,1-8H3/t26-,27-/m1/s1. The second kappa shape index (κ2) is 11.6. The van der Waals surface area contributed by atoms with Gasteiger partial charge in [0.25, 0.3) is 0 Å². The number of carbonyl (C=O) groups is 1. The molecule has 0 aliphatic carbocycles. The Morgan fingerprint density at radius 3 is 2.28 bits per heavy atom. The molecule has 0 spiro atoms. The van der Waals surface area contributed by atoms with E-state index in [1.807, 2.05) is 70.7 Å². The zero-order valence-corrected chi connectivity index (χ0v) is 24.6. The van der Waals surface area contributed by atoms with E-state index in [0.29, 0.717) is 12.8 Å². The predicted octanol–water partition coefficient (Wildman–Crippen LogP) is 7.99. The Balaban J connectivity index is 1.69. The molecule has 4 rings (SSSR count). The van der Waals surface area contributed by atoms with Crippen molar-refractivity contribution in [2.24, 2.45) is 0 Å². The fourth-order valence-corrected chi connectivity index (χ4v) is 5.99. The SMILES string of the molecule is CC(C)N(C(=O)C[C@H]1C[C@@H](C=Cc2c(-c3ccc(F)cc3)c3ccccc3n2C(C)C)OC(C)(C)O1)C(C)C. The van der Waals surface area contributed by atoms with Gasteiger partial charge in [-0.1, -0.05) is 36.4 Å². The van der Waals surface area contributed by atoms with Crippen LogP contribution in [0.15, 0.2) is 54.6 Å². The summed E-state index contributed by atoms with van der Waals surface area (Å²) in [5, 5.41) is 1.12. The molecule has 1 aliphatic heterocycles. The van der Waals surface area contributed by atoms with Gasteiger partial charge < -0.3 is 18.9 Å². The quantitative estimate of drug-likeness (QED) is 0.294. The van der Waals surface area contributed by atoms with E-state index in [1.165, 1.54) is 12.1 Å². The minimum Gasteiger partial charge on any atom is -0.347 e. The van der Waals surface area contributed by atoms with Crippen LogP contribution in [-0.4, -0.2) is 45.5 Å². The highest BCUT2D eigenvalue weighted by molar-refractivity contribution is 6.01. The van der Waals surface area contributed by atoms with E-state index in [-0.39, 0.29) is 42.1 Å². The van der Waals surface area contributed by atoms with Crippen LogP contribution in [0.4, 0.5) is 4.39 Å². The number of ether oxygens (including phenoxy) is 2. The van der Waals surface area contributed by atoms with Crippen LogP contribution in [0, 0.1) is 5.82 Å². The number of carbonyl (C=O) groups excluding carboxylic acids is 1. The van der Waals surface area contributed by atoms with Crippen LogP contribution in [0.1, 0.15) is 80.0 Å². The molecule has 6 heteroatoms. The molecular formula is C33H43FN2O3. The molecule has 210 valence electrons. The first-order valence-electron chi connectivity index (χ1n) is 14.1. The average molecular weight is 535 g/mol. The lowest BCUT2D eigenvalue weighted by Gasteiger charge is -2.41. The molecule has 2 heterocycles. The van der Waals surface area contributed by atoms with Crippen molar-refractivity contribution in [1.82, 2.24) is 9.47 Å². The summed E-state index contributed by atoms with van der Waals surface area (Å²) in [6.45, 7) is 16.3. The van der Waals surface area contributed by atoms with Crippen LogP contribution in [0.3, 0.4) is 0 Å². The number of fused-ring (bicyclic) bond motifs is 1. The number of hydrogen-bond acceptors (Lipinski definition) is 3. The normalized spacial score (nSPS) is 19.6. The van der Waals surface area contributed by atoms with Gasteiger partial charge in [-0.25, -0.2) is 4.39 Å². The van der Waals surface area contributed by atoms with Crippen molar-refractivity contribution in [1.29, 1.82) is 0 Å². The van der Waals surface area contributed by atoms with Crippen molar-refractivity contribution in [2.45, 2.75) is 104 Å². The number of nitrogens with zero attached hydrogens (tertiary/aromatic N) is 2. The van der Waals surface area contributed by atoms with Gasteiger partial charge in [0.1, 0.15) is 5.82 Å². The van der Waals surface area contributed by atoms with Crippen molar-refractivity contribution in [3.8, 4) is 11.1 Å². The molecule has 0 radical (unpaired) electrons. The minimum atomic E-state index is -0.816. The van der Waals surface area contributed by atoms with Crippen LogP contribution < -0.4 is 0 Å². The summed E-state index contributed by atoms with van der Waals surface area (Å²) in [5.74, 6) is -0.970. The second-order valence-corrected chi connectivity index (χ2v) is 11.8. The highest BCUT2D eigenvalue weighted by atomic mass is 19.1. The summed E-state index contributed by atoms with van der Waals surface area (Å²) in [6, 6.07) is 15.5. The van der Waals surface area contributed by atoms with E-state index in [4.69, 9.17) is 9.47 Å². The lowest BCUT2D eigenvalue weighted by molar-refractivity contribution is -0.290. The van der Waals surface area contributed by atoms with E-state index in [9.17, 15) is 9.18 Å². The van der Waals surface area contributed by atoms with Crippen LogP contribution in [-0.2, 0) is 14.3 Å². The summed E-state index contributed by atoms with van der Waals surface area (Å²) in [6.07, 6.45) is 4.65. The monoisotopic (exact) mass is 534 g/mol. The molecule has 1 saturated heterocycles. The maximum Gasteiger partial charge on any atom is 0.225 e. The third kappa shape index (κ3) is 6.44. The third-order valence-electron chi connectivity index (χ3n) is 7.25. The Bertz CT molecular complexity index is 1310. The zero-order valence-electron chi connectivity index (χ0n) is 24.6. The molecule has 0 bridgehead atoms. The van der Waals surface area contributed by atoms with E-state index in [1.54, 1.807) is 0 Å². The largest absolute Gasteiger partial charge is 0.347 e. The van der Waals surface area contributed by atoms with Gasteiger partial charge in [0.05, 0.1) is 18.6 Å². The molecule has 0 N–H and O–H groups in total. The third-order valence-corrected chi connectivity index (χ3v) is 7.25. The summed E-state index contributed by atoms with van der Waals surface area (Å²) in [5.41, 5.74) is 4.21. The smallest absolute Gasteiger partial charge is 0.225 e. The van der Waals surface area contributed by atoms with E-state index in [2.05, 4.69) is 42.7 Å². The van der Waals surface area contributed by atoms with Gasteiger partial charge in [-0.05, 0) is 85.2 Å². The summed E-state index contributed by atoms with van der Waals surface area (Å²) >= 11 is 0. The molecule has 1 aliphatic rings. The van der Waals surface area contributed by atoms with Crippen molar-refractivity contribution in [2.75, 3.05) is 0 Å². The molecule has 3 aromatic rings. The molecule has 0 saturated carbocycles. The molecular weight excluding hydrogens is 491 g/mol. The number of halogens is 1. The minimum absolute atomic E-state index is 0.101. The van der Waals surface area contributed by atoms with Gasteiger partial charge >= 0.3 is 0 Å². The van der Waals surface area contributed by atoms with Gasteiger partial charge in [0, 0.05) is 46.7 Å². The van der Waals surface area contributed by atoms with Gasteiger partial charge in [0.15, 0.2) is 5.79 Å². The fourth-order valence-electron chi connectivity index (χ4n) is 5.99. The molecule has 1 amide bonds. The van der Waals surface area contributed by atoms with Gasteiger partial charge in [-0.2, -0.15) is 0 Å². The van der Waals surface area contributed by atoms with E-state index in [0.717, 1.165) is 27.7 Å². The van der Waals surface area contributed by atoms with Crippen molar-refractivity contribution < 1.29 is 18.7 Å². The van der Waals surface area contributed by atoms with Gasteiger partial charge in [-0.15, -0.1) is 0 Å². The Morgan fingerprint density at radius 2 is 1.67 bits per heavy atom. The summed E-state index contributed by atoms with van der Waals surface area (Å²) in [4.78, 5) is 15.1. The van der Waals surface area contributed by atoms with Crippen LogP contribution >= 0.6 is 0 Å². The Labute approximate surface area is 232 Å². The topological polar surface area (TPSA) is 43.7 Å². The fraction of sp³-hybridized carbons (Fsp3) is 0.485. The number of aromatic nitrogens is 1. The van der Waals surface area contributed by atoms with Crippen LogP contribution in [0.2, 0.25) is 0 Å². The Hall–Kier alpha value is -2.96. The highest BCUT2D eigenvalue weighted by Crippen LogP contribution is 2.38. The summed E-state index contributed by atoms with van der Waals surface area (Å²) in [7, 11) is 0. The van der Waals surface area contributed by atoms with Gasteiger partial charge in [-0.3, -0.25) is 4.79 Å². The maximum atomic E-state index is 13.8. The number of hydrogen-bond donors (Lipinski definition) is 0. The molecule has 39 heavy (non-hydrogen) atoms. The molecule has 1 aromatic heterocycles. The first kappa shape index (κ1) is 29.0. The zero-order chi connectivity index (χ0) is 28.5. The van der Waals surface area contributed by atoms with Crippen LogP contribution in [0.5, 0.6) is 0 Å². The second-order valence-electron chi connectivity index (χ2n) is 11.8. The maximum absolute atomic E-state index is 13.8. The molecule has 5 nitrogen and oxygen atoms in total. The Kier molecular flexibility index (Phi) is 8.67. The number of benzene rings is 2. The van der Waals surface area contributed by atoms with E-state index >= 15 is 0 Å². The predicted molar refractivity (Wildman–Crippen MR) is 157 cm³/mol.